The molecular weight excluding hydrogens is 420 g/mol. The summed E-state index contributed by atoms with van der Waals surface area (Å²) < 4.78 is 22.2. The fourth-order valence-electron chi connectivity index (χ4n) is 3.61. The molecule has 1 N–H and O–H groups in total. The molecule has 0 unspecified atom stereocenters. The van der Waals surface area contributed by atoms with Gasteiger partial charge in [0.05, 0.1) is 18.4 Å². The van der Waals surface area contributed by atoms with Crippen molar-refractivity contribution in [3.63, 3.8) is 0 Å². The third-order valence-electron chi connectivity index (χ3n) is 5.25. The maximum Gasteiger partial charge on any atom is 0.252 e. The predicted octanol–water partition coefficient (Wildman–Crippen LogP) is 5.07. The molecule has 7 heteroatoms. The highest BCUT2D eigenvalue weighted by molar-refractivity contribution is 6.00. The van der Waals surface area contributed by atoms with E-state index in [4.69, 9.17) is 18.6 Å². The van der Waals surface area contributed by atoms with Crippen LogP contribution in [0.1, 0.15) is 22.8 Å². The van der Waals surface area contributed by atoms with Crippen LogP contribution in [0.2, 0.25) is 0 Å². The van der Waals surface area contributed by atoms with Gasteiger partial charge in [0.2, 0.25) is 12.7 Å². The van der Waals surface area contributed by atoms with Crippen molar-refractivity contribution in [1.29, 1.82) is 0 Å². The highest BCUT2D eigenvalue weighted by atomic mass is 16.7. The lowest BCUT2D eigenvalue weighted by Crippen LogP contribution is -2.23. The molecule has 0 radical (unpaired) electrons. The van der Waals surface area contributed by atoms with Gasteiger partial charge in [0, 0.05) is 17.7 Å². The van der Waals surface area contributed by atoms with Crippen LogP contribution in [0.4, 0.5) is 0 Å². The van der Waals surface area contributed by atoms with E-state index in [1.165, 1.54) is 0 Å². The van der Waals surface area contributed by atoms with Crippen molar-refractivity contribution in [3.05, 3.63) is 84.1 Å². The zero-order valence-electron chi connectivity index (χ0n) is 18.0. The normalized spacial score (nSPS) is 11.9. The second-order valence-corrected chi connectivity index (χ2v) is 7.40. The van der Waals surface area contributed by atoms with Crippen molar-refractivity contribution in [2.45, 2.75) is 13.5 Å². The molecule has 0 saturated heterocycles. The number of aromatic nitrogens is 1. The van der Waals surface area contributed by atoms with Gasteiger partial charge >= 0.3 is 0 Å². The first-order valence-corrected chi connectivity index (χ1v) is 10.7. The third-order valence-corrected chi connectivity index (χ3v) is 5.25. The number of oxazole rings is 1. The van der Waals surface area contributed by atoms with Gasteiger partial charge in [-0.3, -0.25) is 4.79 Å². The number of benzene rings is 3. The Morgan fingerprint density at radius 2 is 1.85 bits per heavy atom. The molecule has 0 aliphatic carbocycles. The van der Waals surface area contributed by atoms with E-state index in [0.29, 0.717) is 47.4 Å². The predicted molar refractivity (Wildman–Crippen MR) is 122 cm³/mol. The molecule has 0 spiro atoms. The van der Waals surface area contributed by atoms with Crippen molar-refractivity contribution < 1.29 is 23.4 Å². The summed E-state index contributed by atoms with van der Waals surface area (Å²) in [5.41, 5.74) is 2.90. The standard InChI is InChI=1S/C26H22N2O5/c1-2-30-19-10-8-18(9-11-19)24-15-28-26(33-24)21-6-4-3-5-20(21)25(29)27-14-17-7-12-22-23(13-17)32-16-31-22/h3-13,15H,2,14,16H2,1H3,(H,27,29). The highest BCUT2D eigenvalue weighted by Gasteiger charge is 2.18. The molecule has 166 valence electrons. The van der Waals surface area contributed by atoms with E-state index < -0.39 is 0 Å². The Balaban J connectivity index is 1.33. The minimum Gasteiger partial charge on any atom is -0.494 e. The monoisotopic (exact) mass is 442 g/mol. The van der Waals surface area contributed by atoms with Crippen molar-refractivity contribution in [1.82, 2.24) is 10.3 Å². The van der Waals surface area contributed by atoms with E-state index in [1.807, 2.05) is 67.6 Å². The lowest BCUT2D eigenvalue weighted by atomic mass is 10.1. The number of hydrogen-bond acceptors (Lipinski definition) is 6. The van der Waals surface area contributed by atoms with Gasteiger partial charge in [0.15, 0.2) is 17.3 Å². The smallest absolute Gasteiger partial charge is 0.252 e. The van der Waals surface area contributed by atoms with Crippen LogP contribution in [0.5, 0.6) is 17.2 Å². The molecular formula is C26H22N2O5. The van der Waals surface area contributed by atoms with Gasteiger partial charge in [-0.05, 0) is 61.0 Å². The lowest BCUT2D eigenvalue weighted by molar-refractivity contribution is 0.0951. The molecule has 0 fully saturated rings. The molecule has 33 heavy (non-hydrogen) atoms. The number of ether oxygens (including phenoxy) is 3. The highest BCUT2D eigenvalue weighted by Crippen LogP contribution is 2.33. The number of carbonyl (C=O) groups is 1. The van der Waals surface area contributed by atoms with Gasteiger partial charge in [-0.25, -0.2) is 4.98 Å². The molecule has 1 aromatic heterocycles. The third kappa shape index (κ3) is 4.39. The van der Waals surface area contributed by atoms with Crippen LogP contribution in [0, 0.1) is 0 Å². The summed E-state index contributed by atoms with van der Waals surface area (Å²) >= 11 is 0. The molecule has 3 aromatic carbocycles. The number of carbonyl (C=O) groups excluding carboxylic acids is 1. The van der Waals surface area contributed by atoms with Crippen LogP contribution < -0.4 is 19.5 Å². The molecule has 1 amide bonds. The maximum atomic E-state index is 13.0. The summed E-state index contributed by atoms with van der Waals surface area (Å²) in [6.07, 6.45) is 1.66. The zero-order valence-corrected chi connectivity index (χ0v) is 18.0. The van der Waals surface area contributed by atoms with Crippen LogP contribution in [-0.2, 0) is 6.54 Å². The molecule has 0 saturated carbocycles. The minimum absolute atomic E-state index is 0.216. The van der Waals surface area contributed by atoms with Gasteiger partial charge in [-0.15, -0.1) is 0 Å². The number of rotatable bonds is 7. The average Bonchev–Trinajstić information content (AvgIpc) is 3.53. The van der Waals surface area contributed by atoms with Crippen LogP contribution >= 0.6 is 0 Å². The Morgan fingerprint density at radius 3 is 2.70 bits per heavy atom. The molecule has 1 aliphatic rings. The molecule has 2 heterocycles. The lowest BCUT2D eigenvalue weighted by Gasteiger charge is -2.09. The van der Waals surface area contributed by atoms with Crippen LogP contribution in [0.15, 0.2) is 77.3 Å². The Kier molecular flexibility index (Phi) is 5.68. The van der Waals surface area contributed by atoms with Crippen LogP contribution in [-0.4, -0.2) is 24.3 Å². The molecule has 1 aliphatic heterocycles. The van der Waals surface area contributed by atoms with E-state index in [1.54, 1.807) is 12.3 Å². The van der Waals surface area contributed by atoms with E-state index in [9.17, 15) is 4.79 Å². The summed E-state index contributed by atoms with van der Waals surface area (Å²) in [7, 11) is 0. The second kappa shape index (κ2) is 9.08. The summed E-state index contributed by atoms with van der Waals surface area (Å²) in [4.78, 5) is 17.4. The van der Waals surface area contributed by atoms with Gasteiger partial charge in [0.25, 0.3) is 5.91 Å². The van der Waals surface area contributed by atoms with E-state index in [0.717, 1.165) is 16.9 Å². The molecule has 5 rings (SSSR count). The van der Waals surface area contributed by atoms with Crippen LogP contribution in [0.25, 0.3) is 22.8 Å². The summed E-state index contributed by atoms with van der Waals surface area (Å²) in [5.74, 6) is 2.97. The number of nitrogens with one attached hydrogen (secondary N) is 1. The Bertz CT molecular complexity index is 1280. The first-order chi connectivity index (χ1) is 16.2. The van der Waals surface area contributed by atoms with E-state index in [2.05, 4.69) is 10.3 Å². The van der Waals surface area contributed by atoms with Crippen LogP contribution in [0.3, 0.4) is 0 Å². The Morgan fingerprint density at radius 1 is 1.03 bits per heavy atom. The number of amides is 1. The molecule has 0 atom stereocenters. The van der Waals surface area contributed by atoms with Gasteiger partial charge in [-0.2, -0.15) is 0 Å². The summed E-state index contributed by atoms with van der Waals surface area (Å²) in [5, 5.41) is 2.95. The molecule has 4 aromatic rings. The van der Waals surface area contributed by atoms with Crippen molar-refractivity contribution in [2.24, 2.45) is 0 Å². The fourth-order valence-corrected chi connectivity index (χ4v) is 3.61. The SMILES string of the molecule is CCOc1ccc(-c2cnc(-c3ccccc3C(=O)NCc3ccc4c(c3)OCO4)o2)cc1. The van der Waals surface area contributed by atoms with E-state index in [-0.39, 0.29) is 12.7 Å². The van der Waals surface area contributed by atoms with Gasteiger partial charge in [-0.1, -0.05) is 18.2 Å². The van der Waals surface area contributed by atoms with E-state index >= 15 is 0 Å². The average molecular weight is 442 g/mol. The Hall–Kier alpha value is -4.26. The number of nitrogens with zero attached hydrogens (tertiary/aromatic N) is 1. The summed E-state index contributed by atoms with van der Waals surface area (Å²) in [6.45, 7) is 3.12. The van der Waals surface area contributed by atoms with Crippen molar-refractivity contribution >= 4 is 5.91 Å². The van der Waals surface area contributed by atoms with Crippen molar-refractivity contribution in [2.75, 3.05) is 13.4 Å². The fraction of sp³-hybridized carbons (Fsp3) is 0.154. The van der Waals surface area contributed by atoms with Gasteiger partial charge < -0.3 is 23.9 Å². The minimum atomic E-state index is -0.218. The topological polar surface area (TPSA) is 82.8 Å². The molecule has 7 nitrogen and oxygen atoms in total. The second-order valence-electron chi connectivity index (χ2n) is 7.40. The number of hydrogen-bond donors (Lipinski definition) is 1. The van der Waals surface area contributed by atoms with Gasteiger partial charge in [0.1, 0.15) is 5.75 Å². The Labute approximate surface area is 190 Å². The molecule has 0 bridgehead atoms. The maximum absolute atomic E-state index is 13.0. The largest absolute Gasteiger partial charge is 0.494 e. The quantitative estimate of drug-likeness (QED) is 0.431. The first-order valence-electron chi connectivity index (χ1n) is 10.7. The first kappa shape index (κ1) is 20.6. The summed E-state index contributed by atoms with van der Waals surface area (Å²) in [6, 6.07) is 20.5. The number of fused-ring (bicyclic) bond motifs is 1. The van der Waals surface area contributed by atoms with Crippen molar-refractivity contribution in [3.8, 4) is 40.0 Å². The zero-order chi connectivity index (χ0) is 22.6.